The van der Waals surface area contributed by atoms with Crippen LogP contribution in [0.2, 0.25) is 5.02 Å². The Morgan fingerprint density at radius 2 is 1.70 bits per heavy atom. The Labute approximate surface area is 167 Å². The van der Waals surface area contributed by atoms with Gasteiger partial charge in [0.05, 0.1) is 0 Å². The molecule has 2 amide bonds. The lowest BCUT2D eigenvalue weighted by Crippen LogP contribution is -2.50. The number of amides is 2. The number of anilines is 1. The molecular weight excluding hydrogens is 362 g/mol. The van der Waals surface area contributed by atoms with E-state index in [0.29, 0.717) is 5.02 Å². The van der Waals surface area contributed by atoms with Gasteiger partial charge in [0.2, 0.25) is 11.8 Å². The number of hydrogen-bond acceptors (Lipinski definition) is 3. The minimum Gasteiger partial charge on any atom is -0.340 e. The second-order valence-corrected chi connectivity index (χ2v) is 8.19. The fraction of sp³-hybridized carbons (Fsp3) is 0.619. The van der Waals surface area contributed by atoms with Gasteiger partial charge in [0, 0.05) is 48.7 Å². The van der Waals surface area contributed by atoms with Crippen LogP contribution in [0.1, 0.15) is 38.2 Å². The van der Waals surface area contributed by atoms with Crippen molar-refractivity contribution in [3.05, 3.63) is 28.8 Å². The minimum atomic E-state index is -0.0129. The van der Waals surface area contributed by atoms with E-state index in [4.69, 9.17) is 11.6 Å². The van der Waals surface area contributed by atoms with Crippen molar-refractivity contribution in [1.29, 1.82) is 0 Å². The van der Waals surface area contributed by atoms with Crippen LogP contribution < -0.4 is 5.32 Å². The first kappa shape index (κ1) is 20.2. The Kier molecular flexibility index (Phi) is 6.77. The number of aryl methyl sites for hydroxylation is 1. The van der Waals surface area contributed by atoms with Crippen molar-refractivity contribution in [2.45, 2.75) is 39.5 Å². The molecule has 27 heavy (non-hydrogen) atoms. The van der Waals surface area contributed by atoms with Gasteiger partial charge in [-0.15, -0.1) is 0 Å². The van der Waals surface area contributed by atoms with E-state index in [0.717, 1.165) is 69.7 Å². The van der Waals surface area contributed by atoms with Gasteiger partial charge in [-0.25, -0.2) is 0 Å². The molecule has 1 aliphatic heterocycles. The van der Waals surface area contributed by atoms with E-state index in [9.17, 15) is 9.59 Å². The zero-order valence-electron chi connectivity index (χ0n) is 16.3. The number of carbonyl (C=O) groups is 2. The quantitative estimate of drug-likeness (QED) is 0.853. The molecule has 1 aliphatic carbocycles. The number of rotatable bonds is 4. The highest BCUT2D eigenvalue weighted by atomic mass is 35.5. The molecule has 0 radical (unpaired) electrons. The number of hydrogen-bond donors (Lipinski definition) is 1. The summed E-state index contributed by atoms with van der Waals surface area (Å²) in [6.45, 7) is 8.77. The van der Waals surface area contributed by atoms with E-state index in [1.807, 2.05) is 24.0 Å². The van der Waals surface area contributed by atoms with Gasteiger partial charge in [-0.3, -0.25) is 9.59 Å². The monoisotopic (exact) mass is 391 g/mol. The van der Waals surface area contributed by atoms with E-state index in [2.05, 4.69) is 17.1 Å². The van der Waals surface area contributed by atoms with Crippen LogP contribution in [0, 0.1) is 18.8 Å². The summed E-state index contributed by atoms with van der Waals surface area (Å²) in [6.07, 6.45) is 3.18. The van der Waals surface area contributed by atoms with Crippen molar-refractivity contribution in [3.8, 4) is 0 Å². The average Bonchev–Trinajstić information content (AvgIpc) is 2.69. The zero-order chi connectivity index (χ0) is 19.4. The van der Waals surface area contributed by atoms with Crippen LogP contribution in [0.3, 0.4) is 0 Å². The first-order valence-electron chi connectivity index (χ1n) is 10.1. The minimum absolute atomic E-state index is 0.0129. The van der Waals surface area contributed by atoms with Crippen LogP contribution in [0.4, 0.5) is 5.69 Å². The molecule has 1 saturated carbocycles. The molecule has 0 spiro atoms. The van der Waals surface area contributed by atoms with Crippen molar-refractivity contribution in [2.24, 2.45) is 11.8 Å². The van der Waals surface area contributed by atoms with Crippen molar-refractivity contribution >= 4 is 29.1 Å². The van der Waals surface area contributed by atoms with Crippen LogP contribution in [0.25, 0.3) is 0 Å². The largest absolute Gasteiger partial charge is 0.340 e. The zero-order valence-corrected chi connectivity index (χ0v) is 17.1. The Morgan fingerprint density at radius 1 is 1.07 bits per heavy atom. The molecule has 0 bridgehead atoms. The fourth-order valence-corrected chi connectivity index (χ4v) is 4.37. The summed E-state index contributed by atoms with van der Waals surface area (Å²) < 4.78 is 0. The van der Waals surface area contributed by atoms with E-state index in [1.165, 1.54) is 0 Å². The predicted octanol–water partition coefficient (Wildman–Crippen LogP) is 3.56. The molecule has 148 valence electrons. The smallest absolute Gasteiger partial charge is 0.227 e. The van der Waals surface area contributed by atoms with Gasteiger partial charge in [-0.2, -0.15) is 0 Å². The number of piperazine rings is 1. The molecule has 1 heterocycles. The highest BCUT2D eigenvalue weighted by molar-refractivity contribution is 6.30. The van der Waals surface area contributed by atoms with E-state index >= 15 is 0 Å². The molecule has 0 unspecified atom stereocenters. The van der Waals surface area contributed by atoms with Gasteiger partial charge in [0.1, 0.15) is 0 Å². The van der Waals surface area contributed by atoms with Crippen molar-refractivity contribution in [1.82, 2.24) is 9.80 Å². The SMILES string of the molecule is CCN1CCN(C(=O)C2CCC(C(=O)Nc3ccc(Cl)cc3C)CC2)CC1. The van der Waals surface area contributed by atoms with Gasteiger partial charge < -0.3 is 15.1 Å². The maximum Gasteiger partial charge on any atom is 0.227 e. The third kappa shape index (κ3) is 5.02. The number of carbonyl (C=O) groups excluding carboxylic acids is 2. The summed E-state index contributed by atoms with van der Waals surface area (Å²) in [4.78, 5) is 29.8. The van der Waals surface area contributed by atoms with Crippen molar-refractivity contribution < 1.29 is 9.59 Å². The molecule has 6 heteroatoms. The van der Waals surface area contributed by atoms with Gasteiger partial charge in [-0.05, 0) is 62.9 Å². The van der Waals surface area contributed by atoms with Crippen molar-refractivity contribution in [3.63, 3.8) is 0 Å². The van der Waals surface area contributed by atoms with Crippen LogP contribution in [0.15, 0.2) is 18.2 Å². The lowest BCUT2D eigenvalue weighted by atomic mass is 9.80. The Hall–Kier alpha value is -1.59. The molecule has 0 atom stereocenters. The number of nitrogens with one attached hydrogen (secondary N) is 1. The van der Waals surface area contributed by atoms with Crippen LogP contribution in [0.5, 0.6) is 0 Å². The Morgan fingerprint density at radius 3 is 2.30 bits per heavy atom. The number of benzene rings is 1. The van der Waals surface area contributed by atoms with Gasteiger partial charge >= 0.3 is 0 Å². The van der Waals surface area contributed by atoms with Crippen LogP contribution >= 0.6 is 11.6 Å². The summed E-state index contributed by atoms with van der Waals surface area (Å²) in [5, 5.41) is 3.70. The molecular formula is C21H30ClN3O2. The topological polar surface area (TPSA) is 52.7 Å². The van der Waals surface area contributed by atoms with Crippen molar-refractivity contribution in [2.75, 3.05) is 38.0 Å². The molecule has 3 rings (SSSR count). The lowest BCUT2D eigenvalue weighted by molar-refractivity contribution is -0.139. The molecule has 1 N–H and O–H groups in total. The highest BCUT2D eigenvalue weighted by Gasteiger charge is 2.33. The fourth-order valence-electron chi connectivity index (χ4n) is 4.15. The predicted molar refractivity (Wildman–Crippen MR) is 109 cm³/mol. The summed E-state index contributed by atoms with van der Waals surface area (Å²) in [7, 11) is 0. The molecule has 2 aliphatic rings. The Balaban J connectivity index is 1.48. The maximum atomic E-state index is 12.8. The van der Waals surface area contributed by atoms with Gasteiger partial charge in [0.15, 0.2) is 0 Å². The third-order valence-corrected chi connectivity index (χ3v) is 6.26. The second-order valence-electron chi connectivity index (χ2n) is 7.76. The summed E-state index contributed by atoms with van der Waals surface area (Å²) >= 11 is 5.98. The molecule has 1 aromatic carbocycles. The normalized spacial score (nSPS) is 23.9. The maximum absolute atomic E-state index is 12.8. The molecule has 0 aromatic heterocycles. The first-order valence-corrected chi connectivity index (χ1v) is 10.4. The second kappa shape index (κ2) is 9.07. The summed E-state index contributed by atoms with van der Waals surface area (Å²) in [5.74, 6) is 0.418. The lowest BCUT2D eigenvalue weighted by Gasteiger charge is -2.37. The molecule has 1 saturated heterocycles. The molecule has 1 aromatic rings. The molecule has 2 fully saturated rings. The first-order chi connectivity index (χ1) is 13.0. The number of nitrogens with zero attached hydrogens (tertiary/aromatic N) is 2. The summed E-state index contributed by atoms with van der Waals surface area (Å²) in [6, 6.07) is 5.49. The standard InChI is InChI=1S/C21H30ClN3O2/c1-3-24-10-12-25(13-11-24)21(27)17-6-4-16(5-7-17)20(26)23-19-9-8-18(22)14-15(19)2/h8-9,14,16-17H,3-7,10-13H2,1-2H3,(H,23,26). The highest BCUT2D eigenvalue weighted by Crippen LogP contribution is 2.31. The summed E-state index contributed by atoms with van der Waals surface area (Å²) in [5.41, 5.74) is 1.78. The van der Waals surface area contributed by atoms with E-state index in [1.54, 1.807) is 6.07 Å². The van der Waals surface area contributed by atoms with Gasteiger partial charge in [-0.1, -0.05) is 18.5 Å². The Bertz CT molecular complexity index is 678. The van der Waals surface area contributed by atoms with Crippen LogP contribution in [-0.2, 0) is 9.59 Å². The van der Waals surface area contributed by atoms with Crippen LogP contribution in [-0.4, -0.2) is 54.3 Å². The van der Waals surface area contributed by atoms with E-state index < -0.39 is 0 Å². The molecule has 5 nitrogen and oxygen atoms in total. The van der Waals surface area contributed by atoms with Gasteiger partial charge in [0.25, 0.3) is 0 Å². The van der Waals surface area contributed by atoms with E-state index in [-0.39, 0.29) is 23.7 Å². The average molecular weight is 392 g/mol. The third-order valence-electron chi connectivity index (χ3n) is 6.02. The number of likely N-dealkylation sites (N-methyl/N-ethyl adjacent to an activating group) is 1. The number of halogens is 1.